The maximum atomic E-state index is 5.59. The molecule has 0 spiro atoms. The standard InChI is InChI=1S/C60H47N3/c1-5-6-28-53-57(59-61-58(42-24-14-9-15-25-42)49-27-17-18-29-54(49)62(59)4)51-39-43(31-33-52(51)60(53,2)3)44-32-34-56-50(38-44)48-26-16-19-30-55(48)63(56)47-36-45(40-20-10-7-11-21-40)35-46(37-47)41-22-12-8-13-23-41/h5-39H,1-4H3/b6-5-,53-28+,59-57-. The highest BCUT2D eigenvalue weighted by Crippen LogP contribution is 2.53. The lowest BCUT2D eigenvalue weighted by atomic mass is 9.81. The van der Waals surface area contributed by atoms with Gasteiger partial charge >= 0.3 is 0 Å². The number of hydrogen-bond acceptors (Lipinski definition) is 2. The molecule has 302 valence electrons. The van der Waals surface area contributed by atoms with Gasteiger partial charge in [0.15, 0.2) is 0 Å². The molecule has 2 aliphatic rings. The molecule has 3 nitrogen and oxygen atoms in total. The molecule has 0 radical (unpaired) electrons. The van der Waals surface area contributed by atoms with Crippen molar-refractivity contribution in [2.45, 2.75) is 26.2 Å². The highest BCUT2D eigenvalue weighted by Gasteiger charge is 2.41. The number of aromatic nitrogens is 1. The van der Waals surface area contributed by atoms with Crippen molar-refractivity contribution in [2.24, 2.45) is 4.99 Å². The first kappa shape index (κ1) is 38.2. The third kappa shape index (κ3) is 6.39. The van der Waals surface area contributed by atoms with Crippen LogP contribution in [0.3, 0.4) is 0 Å². The van der Waals surface area contributed by atoms with Crippen molar-refractivity contribution < 1.29 is 0 Å². The number of aliphatic imine (C=N–C) groups is 1. The Morgan fingerprint density at radius 3 is 1.78 bits per heavy atom. The van der Waals surface area contributed by atoms with Crippen molar-refractivity contribution in [3.63, 3.8) is 0 Å². The molecule has 0 saturated carbocycles. The Morgan fingerprint density at radius 2 is 1.08 bits per heavy atom. The van der Waals surface area contributed by atoms with Gasteiger partial charge in [-0.3, -0.25) is 0 Å². The van der Waals surface area contributed by atoms with E-state index in [-0.39, 0.29) is 5.41 Å². The van der Waals surface area contributed by atoms with E-state index < -0.39 is 0 Å². The third-order valence-electron chi connectivity index (χ3n) is 13.1. The van der Waals surface area contributed by atoms with Crippen molar-refractivity contribution in [2.75, 3.05) is 11.9 Å². The van der Waals surface area contributed by atoms with E-state index in [9.17, 15) is 0 Å². The second-order valence-corrected chi connectivity index (χ2v) is 17.2. The van der Waals surface area contributed by atoms with Crippen LogP contribution in [-0.4, -0.2) is 17.3 Å². The smallest absolute Gasteiger partial charge is 0.141 e. The molecular formula is C60H47N3. The van der Waals surface area contributed by atoms with Gasteiger partial charge in [0.05, 0.1) is 22.4 Å². The topological polar surface area (TPSA) is 20.5 Å². The average Bonchev–Trinajstić information content (AvgIpc) is 3.78. The second kappa shape index (κ2) is 15.3. The van der Waals surface area contributed by atoms with Gasteiger partial charge in [-0.15, -0.1) is 0 Å². The van der Waals surface area contributed by atoms with Gasteiger partial charge in [-0.2, -0.15) is 0 Å². The fourth-order valence-electron chi connectivity index (χ4n) is 9.93. The lowest BCUT2D eigenvalue weighted by molar-refractivity contribution is 0.660. The van der Waals surface area contributed by atoms with E-state index in [1.165, 1.54) is 77.5 Å². The lowest BCUT2D eigenvalue weighted by Crippen LogP contribution is -2.26. The first-order valence-corrected chi connectivity index (χ1v) is 21.9. The van der Waals surface area contributed by atoms with Crippen LogP contribution in [-0.2, 0) is 5.41 Å². The molecule has 1 aromatic heterocycles. The second-order valence-electron chi connectivity index (χ2n) is 17.2. The number of anilines is 1. The van der Waals surface area contributed by atoms with Crippen LogP contribution < -0.4 is 4.90 Å². The molecule has 9 aromatic rings. The summed E-state index contributed by atoms with van der Waals surface area (Å²) in [4.78, 5) is 7.88. The minimum atomic E-state index is -0.250. The van der Waals surface area contributed by atoms with Gasteiger partial charge in [0, 0.05) is 45.6 Å². The minimum Gasteiger partial charge on any atom is -0.328 e. The summed E-state index contributed by atoms with van der Waals surface area (Å²) >= 11 is 0. The number of allylic oxidation sites excluding steroid dienone is 5. The summed E-state index contributed by atoms with van der Waals surface area (Å²) in [6.07, 6.45) is 6.58. The van der Waals surface area contributed by atoms with Gasteiger partial charge in [-0.1, -0.05) is 178 Å². The van der Waals surface area contributed by atoms with E-state index >= 15 is 0 Å². The van der Waals surface area contributed by atoms with Gasteiger partial charge in [0.25, 0.3) is 0 Å². The molecule has 0 atom stereocenters. The third-order valence-corrected chi connectivity index (χ3v) is 13.1. The van der Waals surface area contributed by atoms with Crippen LogP contribution in [0.15, 0.2) is 229 Å². The normalized spacial score (nSPS) is 16.2. The van der Waals surface area contributed by atoms with E-state index in [0.717, 1.165) is 34.0 Å². The highest BCUT2D eigenvalue weighted by atomic mass is 15.2. The predicted octanol–water partition coefficient (Wildman–Crippen LogP) is 15.2. The zero-order valence-corrected chi connectivity index (χ0v) is 36.0. The Bertz CT molecular complexity index is 3300. The van der Waals surface area contributed by atoms with Crippen molar-refractivity contribution >= 4 is 38.8 Å². The van der Waals surface area contributed by atoms with Crippen molar-refractivity contribution in [1.29, 1.82) is 0 Å². The molecule has 11 rings (SSSR count). The average molecular weight is 810 g/mol. The summed E-state index contributed by atoms with van der Waals surface area (Å²) in [5.41, 5.74) is 19.7. The SMILES string of the molecule is C\C=C/C=C1\C(=C2\N=C(c3ccccc3)c3ccccc3N2C)c2cc(-c3ccc4c(c3)c3ccccc3n4-c3cc(-c4ccccc4)cc(-c4ccccc4)c3)ccc2C1(C)C. The Labute approximate surface area is 370 Å². The van der Waals surface area contributed by atoms with Gasteiger partial charge in [-0.25, -0.2) is 4.99 Å². The monoisotopic (exact) mass is 809 g/mol. The van der Waals surface area contributed by atoms with Gasteiger partial charge in [0.1, 0.15) is 5.82 Å². The fourth-order valence-corrected chi connectivity index (χ4v) is 9.93. The van der Waals surface area contributed by atoms with Crippen LogP contribution in [0.25, 0.3) is 66.4 Å². The first-order chi connectivity index (χ1) is 30.9. The van der Waals surface area contributed by atoms with Crippen LogP contribution in [0.2, 0.25) is 0 Å². The minimum absolute atomic E-state index is 0.250. The molecule has 0 fully saturated rings. The summed E-state index contributed by atoms with van der Waals surface area (Å²) < 4.78 is 2.44. The molecule has 8 aromatic carbocycles. The van der Waals surface area contributed by atoms with Crippen LogP contribution in [0, 0.1) is 0 Å². The molecule has 0 bridgehead atoms. The summed E-state index contributed by atoms with van der Waals surface area (Å²) in [5.74, 6) is 0.957. The quantitative estimate of drug-likeness (QED) is 0.164. The number of hydrogen-bond donors (Lipinski definition) is 0. The maximum absolute atomic E-state index is 5.59. The van der Waals surface area contributed by atoms with Crippen LogP contribution in [0.5, 0.6) is 0 Å². The van der Waals surface area contributed by atoms with E-state index in [1.807, 2.05) is 0 Å². The zero-order valence-electron chi connectivity index (χ0n) is 36.0. The Hall–Kier alpha value is -7.75. The number of benzene rings is 8. The van der Waals surface area contributed by atoms with Gasteiger partial charge in [-0.05, 0) is 106 Å². The van der Waals surface area contributed by atoms with E-state index in [4.69, 9.17) is 4.99 Å². The van der Waals surface area contributed by atoms with Crippen LogP contribution in [0.4, 0.5) is 5.69 Å². The zero-order chi connectivity index (χ0) is 42.7. The Morgan fingerprint density at radius 1 is 0.492 bits per heavy atom. The molecular weight excluding hydrogens is 763 g/mol. The summed E-state index contributed by atoms with van der Waals surface area (Å²) in [6.45, 7) is 6.79. The number of para-hydroxylation sites is 2. The predicted molar refractivity (Wildman–Crippen MR) is 267 cm³/mol. The molecule has 0 unspecified atom stereocenters. The van der Waals surface area contributed by atoms with Crippen molar-refractivity contribution in [3.8, 4) is 39.1 Å². The van der Waals surface area contributed by atoms with Crippen molar-refractivity contribution in [1.82, 2.24) is 4.57 Å². The van der Waals surface area contributed by atoms with Crippen LogP contribution in [0.1, 0.15) is 43.0 Å². The lowest BCUT2D eigenvalue weighted by Gasteiger charge is -2.31. The van der Waals surface area contributed by atoms with Crippen molar-refractivity contribution in [3.05, 3.63) is 246 Å². The highest BCUT2D eigenvalue weighted by molar-refractivity contribution is 6.18. The molecule has 0 saturated heterocycles. The summed E-state index contributed by atoms with van der Waals surface area (Å²) in [5, 5.41) is 2.45. The van der Waals surface area contributed by atoms with E-state index in [2.05, 4.69) is 250 Å². The van der Waals surface area contributed by atoms with E-state index in [0.29, 0.717) is 0 Å². The first-order valence-electron chi connectivity index (χ1n) is 21.9. The number of rotatable bonds is 6. The Balaban J connectivity index is 1.11. The molecule has 2 heterocycles. The largest absolute Gasteiger partial charge is 0.328 e. The fraction of sp³-hybridized carbons (Fsp3) is 0.0833. The molecule has 63 heavy (non-hydrogen) atoms. The molecule has 3 heteroatoms. The number of fused-ring (bicyclic) bond motifs is 5. The Kier molecular flexibility index (Phi) is 9.28. The summed E-state index contributed by atoms with van der Waals surface area (Å²) in [6, 6.07) is 70.6. The van der Waals surface area contributed by atoms with Crippen LogP contribution >= 0.6 is 0 Å². The number of nitrogens with zero attached hydrogens (tertiary/aromatic N) is 3. The molecule has 0 amide bonds. The molecule has 1 aliphatic carbocycles. The van der Waals surface area contributed by atoms with E-state index in [1.54, 1.807) is 0 Å². The summed E-state index contributed by atoms with van der Waals surface area (Å²) in [7, 11) is 2.16. The molecule has 1 aliphatic heterocycles. The molecule has 0 N–H and O–H groups in total. The van der Waals surface area contributed by atoms with Gasteiger partial charge in [0.2, 0.25) is 0 Å². The van der Waals surface area contributed by atoms with Gasteiger partial charge < -0.3 is 9.47 Å². The maximum Gasteiger partial charge on any atom is 0.141 e.